The van der Waals surface area contributed by atoms with Crippen LogP contribution in [0.4, 0.5) is 0 Å². The quantitative estimate of drug-likeness (QED) is 0.847. The van der Waals surface area contributed by atoms with Gasteiger partial charge in [-0.3, -0.25) is 9.59 Å². The fourth-order valence-corrected chi connectivity index (χ4v) is 3.16. The Labute approximate surface area is 147 Å². The summed E-state index contributed by atoms with van der Waals surface area (Å²) in [5.41, 5.74) is 2.31. The summed E-state index contributed by atoms with van der Waals surface area (Å²) in [6, 6.07) is 7.49. The number of aromatic nitrogens is 1. The Hall–Kier alpha value is -2.76. The fraction of sp³-hybridized carbons (Fsp3) is 0.368. The molecule has 1 aliphatic rings. The highest BCUT2D eigenvalue weighted by molar-refractivity contribution is 6.01. The van der Waals surface area contributed by atoms with Crippen LogP contribution >= 0.6 is 0 Å². The summed E-state index contributed by atoms with van der Waals surface area (Å²) in [4.78, 5) is 29.2. The lowest BCUT2D eigenvalue weighted by Gasteiger charge is -2.21. The van der Waals surface area contributed by atoms with Crippen LogP contribution in [-0.4, -0.2) is 47.9 Å². The number of rotatable bonds is 6. The Bertz CT molecular complexity index is 769. The molecule has 2 heterocycles. The molecule has 3 rings (SSSR count). The molecule has 0 radical (unpaired) electrons. The average Bonchev–Trinajstić information content (AvgIpc) is 3.24. The zero-order valence-corrected chi connectivity index (χ0v) is 14.5. The maximum absolute atomic E-state index is 12.7. The summed E-state index contributed by atoms with van der Waals surface area (Å²) in [5, 5.41) is 2.98. The minimum absolute atomic E-state index is 0.109. The van der Waals surface area contributed by atoms with E-state index in [1.54, 1.807) is 19.5 Å². The van der Waals surface area contributed by atoms with Crippen LogP contribution in [0.3, 0.4) is 0 Å². The molecule has 6 heteroatoms. The first-order chi connectivity index (χ1) is 12.1. The standard InChI is InChI=1S/C19H23N3O3/c1-13(12-22-8-4-7-18(22)23)21-19(24)17-11-20-10-16(17)14-5-3-6-15(9-14)25-2/h3,5-6,9-11,13,20H,4,7-8,12H2,1-2H3,(H,21,24)/t13-/m0/s1. The van der Waals surface area contributed by atoms with Gasteiger partial charge in [0.25, 0.3) is 5.91 Å². The number of benzene rings is 1. The Balaban J connectivity index is 1.70. The van der Waals surface area contributed by atoms with E-state index < -0.39 is 0 Å². The van der Waals surface area contributed by atoms with Crippen LogP contribution in [0.5, 0.6) is 5.75 Å². The van der Waals surface area contributed by atoms with Crippen molar-refractivity contribution in [1.29, 1.82) is 0 Å². The summed E-state index contributed by atoms with van der Waals surface area (Å²) in [6.07, 6.45) is 5.01. The Morgan fingerprint density at radius 2 is 2.24 bits per heavy atom. The van der Waals surface area contributed by atoms with E-state index in [2.05, 4.69) is 10.3 Å². The number of amides is 2. The largest absolute Gasteiger partial charge is 0.497 e. The van der Waals surface area contributed by atoms with E-state index in [4.69, 9.17) is 4.74 Å². The van der Waals surface area contributed by atoms with E-state index in [0.717, 1.165) is 29.8 Å². The number of methoxy groups -OCH3 is 1. The molecule has 1 aromatic heterocycles. The Morgan fingerprint density at radius 1 is 1.40 bits per heavy atom. The number of hydrogen-bond acceptors (Lipinski definition) is 3. The lowest BCUT2D eigenvalue weighted by atomic mass is 10.0. The summed E-state index contributed by atoms with van der Waals surface area (Å²) in [7, 11) is 1.62. The van der Waals surface area contributed by atoms with Crippen LogP contribution in [0, 0.1) is 0 Å². The number of carbonyl (C=O) groups excluding carboxylic acids is 2. The highest BCUT2D eigenvalue weighted by Gasteiger charge is 2.23. The van der Waals surface area contributed by atoms with Gasteiger partial charge in [-0.05, 0) is 31.0 Å². The van der Waals surface area contributed by atoms with Gasteiger partial charge in [0.15, 0.2) is 0 Å². The van der Waals surface area contributed by atoms with E-state index in [1.165, 1.54) is 0 Å². The number of nitrogens with one attached hydrogen (secondary N) is 2. The van der Waals surface area contributed by atoms with Gasteiger partial charge in [-0.2, -0.15) is 0 Å². The van der Waals surface area contributed by atoms with Crippen LogP contribution in [0.25, 0.3) is 11.1 Å². The molecule has 0 unspecified atom stereocenters. The van der Waals surface area contributed by atoms with Gasteiger partial charge in [0.2, 0.25) is 5.91 Å². The van der Waals surface area contributed by atoms with E-state index in [0.29, 0.717) is 18.5 Å². The van der Waals surface area contributed by atoms with Gasteiger partial charge in [-0.25, -0.2) is 0 Å². The average molecular weight is 341 g/mol. The van der Waals surface area contributed by atoms with Gasteiger partial charge in [0.1, 0.15) is 5.75 Å². The molecule has 1 fully saturated rings. The van der Waals surface area contributed by atoms with Gasteiger partial charge < -0.3 is 19.9 Å². The van der Waals surface area contributed by atoms with Crippen molar-refractivity contribution in [3.8, 4) is 16.9 Å². The predicted molar refractivity (Wildman–Crippen MR) is 95.5 cm³/mol. The first-order valence-corrected chi connectivity index (χ1v) is 8.48. The zero-order valence-electron chi connectivity index (χ0n) is 14.5. The number of nitrogens with zero attached hydrogens (tertiary/aromatic N) is 1. The molecule has 2 N–H and O–H groups in total. The van der Waals surface area contributed by atoms with Crippen LogP contribution in [0.1, 0.15) is 30.1 Å². The van der Waals surface area contributed by atoms with Crippen molar-refractivity contribution >= 4 is 11.8 Å². The highest BCUT2D eigenvalue weighted by atomic mass is 16.5. The highest BCUT2D eigenvalue weighted by Crippen LogP contribution is 2.27. The second-order valence-electron chi connectivity index (χ2n) is 6.33. The number of ether oxygens (including phenoxy) is 1. The molecule has 0 aliphatic carbocycles. The molecule has 0 bridgehead atoms. The van der Waals surface area contributed by atoms with Crippen molar-refractivity contribution in [2.45, 2.75) is 25.8 Å². The lowest BCUT2D eigenvalue weighted by Crippen LogP contribution is -2.42. The van der Waals surface area contributed by atoms with E-state index >= 15 is 0 Å². The molecule has 1 aliphatic heterocycles. The van der Waals surface area contributed by atoms with Crippen molar-refractivity contribution in [3.05, 3.63) is 42.2 Å². The molecule has 6 nitrogen and oxygen atoms in total. The Kier molecular flexibility index (Phi) is 5.07. The normalized spacial score (nSPS) is 15.3. The van der Waals surface area contributed by atoms with Crippen LogP contribution in [-0.2, 0) is 4.79 Å². The van der Waals surface area contributed by atoms with Crippen LogP contribution < -0.4 is 10.1 Å². The molecule has 0 spiro atoms. The third kappa shape index (κ3) is 3.84. The summed E-state index contributed by atoms with van der Waals surface area (Å²) in [6.45, 7) is 3.24. The molecular weight excluding hydrogens is 318 g/mol. The first kappa shape index (κ1) is 17.1. The summed E-state index contributed by atoms with van der Waals surface area (Å²) >= 11 is 0. The Morgan fingerprint density at radius 3 is 2.96 bits per heavy atom. The number of likely N-dealkylation sites (tertiary alicyclic amines) is 1. The number of hydrogen-bond donors (Lipinski definition) is 2. The third-order valence-corrected chi connectivity index (χ3v) is 4.41. The fourth-order valence-electron chi connectivity index (χ4n) is 3.16. The third-order valence-electron chi connectivity index (χ3n) is 4.41. The summed E-state index contributed by atoms with van der Waals surface area (Å²) in [5.74, 6) is 0.754. The van der Waals surface area contributed by atoms with Gasteiger partial charge in [-0.15, -0.1) is 0 Å². The maximum atomic E-state index is 12.7. The molecule has 2 aromatic rings. The predicted octanol–water partition coefficient (Wildman–Crippen LogP) is 2.43. The number of carbonyl (C=O) groups is 2. The molecule has 1 aromatic carbocycles. The van der Waals surface area contributed by atoms with Crippen molar-refractivity contribution in [3.63, 3.8) is 0 Å². The molecule has 2 amide bonds. The maximum Gasteiger partial charge on any atom is 0.253 e. The number of aromatic amines is 1. The summed E-state index contributed by atoms with van der Waals surface area (Å²) < 4.78 is 5.25. The smallest absolute Gasteiger partial charge is 0.253 e. The van der Waals surface area contributed by atoms with Gasteiger partial charge in [0.05, 0.1) is 12.7 Å². The molecule has 1 saturated heterocycles. The van der Waals surface area contributed by atoms with Crippen molar-refractivity contribution in [2.24, 2.45) is 0 Å². The monoisotopic (exact) mass is 341 g/mol. The van der Waals surface area contributed by atoms with Crippen molar-refractivity contribution in [1.82, 2.24) is 15.2 Å². The van der Waals surface area contributed by atoms with E-state index in [1.807, 2.05) is 36.1 Å². The molecule has 132 valence electrons. The molecule has 0 saturated carbocycles. The van der Waals surface area contributed by atoms with Crippen LogP contribution in [0.2, 0.25) is 0 Å². The SMILES string of the molecule is COc1cccc(-c2c[nH]cc2C(=O)N[C@@H](C)CN2CCCC2=O)c1. The molecule has 1 atom stereocenters. The lowest BCUT2D eigenvalue weighted by molar-refractivity contribution is -0.127. The number of H-pyrrole nitrogens is 1. The second kappa shape index (κ2) is 7.42. The topological polar surface area (TPSA) is 74.4 Å². The minimum Gasteiger partial charge on any atom is -0.497 e. The van der Waals surface area contributed by atoms with E-state index in [9.17, 15) is 9.59 Å². The van der Waals surface area contributed by atoms with Crippen molar-refractivity contribution in [2.75, 3.05) is 20.2 Å². The van der Waals surface area contributed by atoms with E-state index in [-0.39, 0.29) is 17.9 Å². The van der Waals surface area contributed by atoms with Gasteiger partial charge >= 0.3 is 0 Å². The second-order valence-corrected chi connectivity index (χ2v) is 6.33. The molecule has 25 heavy (non-hydrogen) atoms. The van der Waals surface area contributed by atoms with Gasteiger partial charge in [-0.1, -0.05) is 12.1 Å². The van der Waals surface area contributed by atoms with Crippen LogP contribution in [0.15, 0.2) is 36.7 Å². The molecular formula is C19H23N3O3. The minimum atomic E-state index is -0.154. The van der Waals surface area contributed by atoms with Gasteiger partial charge in [0, 0.05) is 43.5 Å². The first-order valence-electron chi connectivity index (χ1n) is 8.48. The van der Waals surface area contributed by atoms with Crippen molar-refractivity contribution < 1.29 is 14.3 Å². The zero-order chi connectivity index (χ0) is 17.8.